The minimum atomic E-state index is -3.66. The van der Waals surface area contributed by atoms with Gasteiger partial charge in [0.15, 0.2) is 0 Å². The topological polar surface area (TPSA) is 72.5 Å². The highest BCUT2D eigenvalue weighted by molar-refractivity contribution is 7.89. The van der Waals surface area contributed by atoms with Crippen LogP contribution in [-0.2, 0) is 21.2 Å². The van der Waals surface area contributed by atoms with Crippen molar-refractivity contribution in [2.75, 3.05) is 13.7 Å². The molecule has 0 fully saturated rings. The molecule has 2 aromatic carbocycles. The number of hydrogen-bond acceptors (Lipinski definition) is 4. The predicted molar refractivity (Wildman–Crippen MR) is 97.2 cm³/mol. The van der Waals surface area contributed by atoms with Gasteiger partial charge in [-0.15, -0.1) is 0 Å². The Morgan fingerprint density at radius 1 is 1.12 bits per heavy atom. The van der Waals surface area contributed by atoms with Crippen molar-refractivity contribution in [2.45, 2.75) is 31.6 Å². The van der Waals surface area contributed by atoms with Crippen LogP contribution in [0.5, 0.6) is 0 Å². The summed E-state index contributed by atoms with van der Waals surface area (Å²) >= 11 is 0. The molecule has 0 aliphatic rings. The van der Waals surface area contributed by atoms with Gasteiger partial charge in [0, 0.05) is 6.54 Å². The molecule has 1 N–H and O–H groups in total. The van der Waals surface area contributed by atoms with Crippen LogP contribution in [0.15, 0.2) is 47.4 Å². The molecular formula is C19H23NO4S. The third-order valence-corrected chi connectivity index (χ3v) is 5.40. The molecule has 0 saturated heterocycles. The lowest BCUT2D eigenvalue weighted by molar-refractivity contribution is 0.0599. The molecule has 0 radical (unpaired) electrons. The van der Waals surface area contributed by atoms with E-state index in [0.717, 1.165) is 6.42 Å². The number of carbonyl (C=O) groups is 1. The number of benzene rings is 2. The van der Waals surface area contributed by atoms with Crippen LogP contribution in [0.25, 0.3) is 0 Å². The first kappa shape index (κ1) is 19.1. The fraction of sp³-hybridized carbons (Fsp3) is 0.316. The van der Waals surface area contributed by atoms with Gasteiger partial charge < -0.3 is 4.74 Å². The van der Waals surface area contributed by atoms with Crippen LogP contribution in [0, 0.1) is 13.8 Å². The van der Waals surface area contributed by atoms with Gasteiger partial charge in [-0.3, -0.25) is 0 Å². The van der Waals surface area contributed by atoms with Crippen LogP contribution >= 0.6 is 0 Å². The first-order valence-electron chi connectivity index (χ1n) is 8.07. The number of sulfonamides is 1. The van der Waals surface area contributed by atoms with E-state index >= 15 is 0 Å². The van der Waals surface area contributed by atoms with E-state index in [1.165, 1.54) is 30.4 Å². The summed E-state index contributed by atoms with van der Waals surface area (Å²) in [6, 6.07) is 12.6. The maximum Gasteiger partial charge on any atom is 0.338 e. The van der Waals surface area contributed by atoms with Crippen molar-refractivity contribution in [1.82, 2.24) is 4.72 Å². The van der Waals surface area contributed by atoms with Gasteiger partial charge in [-0.2, -0.15) is 0 Å². The van der Waals surface area contributed by atoms with Crippen molar-refractivity contribution in [2.24, 2.45) is 0 Å². The lowest BCUT2D eigenvalue weighted by atomic mass is 10.1. The highest BCUT2D eigenvalue weighted by Crippen LogP contribution is 2.16. The highest BCUT2D eigenvalue weighted by Gasteiger charge is 2.17. The molecule has 5 nitrogen and oxygen atoms in total. The van der Waals surface area contributed by atoms with Gasteiger partial charge in [-0.05, 0) is 49.9 Å². The molecule has 0 atom stereocenters. The number of carbonyl (C=O) groups excluding carboxylic acids is 1. The van der Waals surface area contributed by atoms with E-state index in [0.29, 0.717) is 18.5 Å². The normalized spacial score (nSPS) is 11.3. The summed E-state index contributed by atoms with van der Waals surface area (Å²) in [5.41, 5.74) is 3.30. The Morgan fingerprint density at radius 2 is 1.88 bits per heavy atom. The van der Waals surface area contributed by atoms with E-state index in [2.05, 4.69) is 15.5 Å². The van der Waals surface area contributed by atoms with Crippen molar-refractivity contribution in [3.63, 3.8) is 0 Å². The summed E-state index contributed by atoms with van der Waals surface area (Å²) in [7, 11) is -2.39. The smallest absolute Gasteiger partial charge is 0.338 e. The van der Waals surface area contributed by atoms with E-state index in [-0.39, 0.29) is 10.5 Å². The first-order valence-corrected chi connectivity index (χ1v) is 9.56. The third kappa shape index (κ3) is 5.14. The second-order valence-electron chi connectivity index (χ2n) is 5.96. The number of nitrogens with one attached hydrogen (secondary N) is 1. The monoisotopic (exact) mass is 361 g/mol. The predicted octanol–water partition coefficient (Wildman–Crippen LogP) is 3.00. The summed E-state index contributed by atoms with van der Waals surface area (Å²) in [4.78, 5) is 11.8. The van der Waals surface area contributed by atoms with E-state index in [4.69, 9.17) is 0 Å². The molecule has 0 saturated carbocycles. The Hall–Kier alpha value is -2.18. The van der Waals surface area contributed by atoms with E-state index in [1.807, 2.05) is 25.1 Å². The lowest BCUT2D eigenvalue weighted by Gasteiger charge is -2.10. The zero-order valence-corrected chi connectivity index (χ0v) is 15.5. The zero-order chi connectivity index (χ0) is 18.4. The summed E-state index contributed by atoms with van der Waals surface area (Å²) in [6.45, 7) is 4.10. The van der Waals surface area contributed by atoms with Crippen molar-refractivity contribution in [1.29, 1.82) is 0 Å². The number of esters is 1. The first-order chi connectivity index (χ1) is 11.8. The summed E-state index contributed by atoms with van der Waals surface area (Å²) < 4.78 is 32.1. The van der Waals surface area contributed by atoms with Crippen molar-refractivity contribution >= 4 is 16.0 Å². The molecule has 0 spiro atoms. The molecule has 0 unspecified atom stereocenters. The maximum atomic E-state index is 12.4. The maximum absolute atomic E-state index is 12.4. The fourth-order valence-corrected chi connectivity index (χ4v) is 3.65. The van der Waals surface area contributed by atoms with Crippen LogP contribution in [0.1, 0.15) is 33.5 Å². The quantitative estimate of drug-likeness (QED) is 0.608. The average molecular weight is 361 g/mol. The number of methoxy groups -OCH3 is 1. The van der Waals surface area contributed by atoms with Crippen molar-refractivity contribution < 1.29 is 17.9 Å². The fourth-order valence-electron chi connectivity index (χ4n) is 2.55. The molecule has 0 aliphatic carbocycles. The molecule has 6 heteroatoms. The highest BCUT2D eigenvalue weighted by atomic mass is 32.2. The SMILES string of the molecule is COC(=O)c1cc(S(=O)(=O)NCCCc2cccc(C)c2)ccc1C. The molecule has 2 aromatic rings. The van der Waals surface area contributed by atoms with Gasteiger partial charge in [-0.1, -0.05) is 35.9 Å². The van der Waals surface area contributed by atoms with E-state index < -0.39 is 16.0 Å². The number of ether oxygens (including phenoxy) is 1. The number of rotatable bonds is 7. The van der Waals surface area contributed by atoms with Gasteiger partial charge in [0.2, 0.25) is 10.0 Å². The molecule has 0 heterocycles. The van der Waals surface area contributed by atoms with Gasteiger partial charge in [0.05, 0.1) is 17.6 Å². The summed E-state index contributed by atoms with van der Waals surface area (Å²) in [5, 5.41) is 0. The Labute approximate surface area is 149 Å². The van der Waals surface area contributed by atoms with E-state index in [9.17, 15) is 13.2 Å². The average Bonchev–Trinajstić information content (AvgIpc) is 2.58. The summed E-state index contributed by atoms with van der Waals surface area (Å²) in [6.07, 6.45) is 1.49. The number of aryl methyl sites for hydroxylation is 3. The van der Waals surface area contributed by atoms with Crippen molar-refractivity contribution in [3.05, 3.63) is 64.7 Å². The van der Waals surface area contributed by atoms with Crippen LogP contribution < -0.4 is 4.72 Å². The Bertz CT molecular complexity index is 859. The lowest BCUT2D eigenvalue weighted by Crippen LogP contribution is -2.25. The van der Waals surface area contributed by atoms with Gasteiger partial charge in [0.25, 0.3) is 0 Å². The molecule has 25 heavy (non-hydrogen) atoms. The second kappa shape index (κ2) is 8.27. The second-order valence-corrected chi connectivity index (χ2v) is 7.73. The Balaban J connectivity index is 2.00. The molecule has 0 aromatic heterocycles. The van der Waals surface area contributed by atoms with Crippen molar-refractivity contribution in [3.8, 4) is 0 Å². The van der Waals surface area contributed by atoms with Gasteiger partial charge in [-0.25, -0.2) is 17.9 Å². The third-order valence-electron chi connectivity index (χ3n) is 3.94. The van der Waals surface area contributed by atoms with E-state index in [1.54, 1.807) is 13.0 Å². The standard InChI is InChI=1S/C19H23NO4S/c1-14-6-4-7-16(12-14)8-5-11-20-25(22,23)17-10-9-15(2)18(13-17)19(21)24-3/h4,6-7,9-10,12-13,20H,5,8,11H2,1-3H3. The van der Waals surface area contributed by atoms with Crippen LogP contribution in [0.4, 0.5) is 0 Å². The Kier molecular flexibility index (Phi) is 6.33. The minimum Gasteiger partial charge on any atom is -0.465 e. The van der Waals surface area contributed by atoms with Crippen LogP contribution in [0.2, 0.25) is 0 Å². The van der Waals surface area contributed by atoms with Crippen LogP contribution in [0.3, 0.4) is 0 Å². The number of hydrogen-bond donors (Lipinski definition) is 1. The largest absolute Gasteiger partial charge is 0.465 e. The van der Waals surface area contributed by atoms with Gasteiger partial charge in [0.1, 0.15) is 0 Å². The summed E-state index contributed by atoms with van der Waals surface area (Å²) in [5.74, 6) is -0.547. The zero-order valence-electron chi connectivity index (χ0n) is 14.7. The van der Waals surface area contributed by atoms with Gasteiger partial charge >= 0.3 is 5.97 Å². The molecular weight excluding hydrogens is 338 g/mol. The Morgan fingerprint density at radius 3 is 2.56 bits per heavy atom. The molecule has 2 rings (SSSR count). The molecule has 0 amide bonds. The van der Waals surface area contributed by atoms with Crippen LogP contribution in [-0.4, -0.2) is 28.0 Å². The molecule has 0 bridgehead atoms. The molecule has 0 aliphatic heterocycles. The minimum absolute atomic E-state index is 0.0639. The molecule has 134 valence electrons.